The summed E-state index contributed by atoms with van der Waals surface area (Å²) in [5.74, 6) is 0.856. The van der Waals surface area contributed by atoms with E-state index >= 15 is 0 Å². The fourth-order valence-electron chi connectivity index (χ4n) is 2.02. The SMILES string of the molecule is CC(C)CCCCCCCOCCCNCCCO. The van der Waals surface area contributed by atoms with Crippen molar-refractivity contribution in [3.8, 4) is 0 Å². The highest BCUT2D eigenvalue weighted by Gasteiger charge is 1.95. The molecule has 0 aromatic carbocycles. The van der Waals surface area contributed by atoms with Crippen molar-refractivity contribution in [2.75, 3.05) is 32.9 Å². The van der Waals surface area contributed by atoms with Crippen molar-refractivity contribution in [2.45, 2.75) is 65.2 Å². The van der Waals surface area contributed by atoms with E-state index in [0.29, 0.717) is 0 Å². The maximum Gasteiger partial charge on any atom is 0.0478 e. The lowest BCUT2D eigenvalue weighted by molar-refractivity contribution is 0.127. The van der Waals surface area contributed by atoms with Crippen LogP contribution in [0.3, 0.4) is 0 Å². The van der Waals surface area contributed by atoms with Gasteiger partial charge in [0.05, 0.1) is 0 Å². The molecule has 0 aliphatic rings. The van der Waals surface area contributed by atoms with Gasteiger partial charge >= 0.3 is 0 Å². The van der Waals surface area contributed by atoms with Gasteiger partial charge in [-0.25, -0.2) is 0 Å². The second-order valence-electron chi connectivity index (χ2n) is 5.74. The van der Waals surface area contributed by atoms with Crippen molar-refractivity contribution in [1.29, 1.82) is 0 Å². The summed E-state index contributed by atoms with van der Waals surface area (Å²) in [5.41, 5.74) is 0. The van der Waals surface area contributed by atoms with E-state index in [2.05, 4.69) is 19.2 Å². The number of hydrogen-bond donors (Lipinski definition) is 2. The first-order chi connectivity index (χ1) is 9.27. The molecule has 0 aromatic heterocycles. The zero-order chi connectivity index (χ0) is 14.2. The first kappa shape index (κ1) is 18.9. The predicted molar refractivity (Wildman–Crippen MR) is 82.5 cm³/mol. The second kappa shape index (κ2) is 15.9. The Morgan fingerprint density at radius 3 is 2.21 bits per heavy atom. The third-order valence-electron chi connectivity index (χ3n) is 3.22. The van der Waals surface area contributed by atoms with Gasteiger partial charge in [0.2, 0.25) is 0 Å². The largest absolute Gasteiger partial charge is 0.396 e. The first-order valence-corrected chi connectivity index (χ1v) is 8.16. The highest BCUT2D eigenvalue weighted by atomic mass is 16.5. The van der Waals surface area contributed by atoms with Crippen LogP contribution in [-0.2, 0) is 4.74 Å². The molecule has 2 N–H and O–H groups in total. The average Bonchev–Trinajstić information content (AvgIpc) is 2.39. The van der Waals surface area contributed by atoms with Crippen LogP contribution < -0.4 is 5.32 Å². The Hall–Kier alpha value is -0.120. The lowest BCUT2D eigenvalue weighted by atomic mass is 10.0. The van der Waals surface area contributed by atoms with Crippen LogP contribution in [0.25, 0.3) is 0 Å². The predicted octanol–water partition coefficient (Wildman–Crippen LogP) is 3.36. The quantitative estimate of drug-likeness (QED) is 0.450. The Kier molecular flexibility index (Phi) is 15.8. The molecular formula is C16H35NO2. The molecule has 0 fully saturated rings. The molecule has 0 unspecified atom stereocenters. The monoisotopic (exact) mass is 273 g/mol. The van der Waals surface area contributed by atoms with Gasteiger partial charge in [0.15, 0.2) is 0 Å². The van der Waals surface area contributed by atoms with Gasteiger partial charge in [0.25, 0.3) is 0 Å². The van der Waals surface area contributed by atoms with Gasteiger partial charge in [-0.3, -0.25) is 0 Å². The van der Waals surface area contributed by atoms with Crippen molar-refractivity contribution in [3.63, 3.8) is 0 Å². The van der Waals surface area contributed by atoms with E-state index in [4.69, 9.17) is 9.84 Å². The van der Waals surface area contributed by atoms with E-state index in [0.717, 1.165) is 45.1 Å². The molecule has 0 aliphatic carbocycles. The summed E-state index contributed by atoms with van der Waals surface area (Å²) in [6.45, 7) is 8.56. The molecule has 0 bridgehead atoms. The summed E-state index contributed by atoms with van der Waals surface area (Å²) < 4.78 is 5.60. The van der Waals surface area contributed by atoms with Crippen molar-refractivity contribution < 1.29 is 9.84 Å². The number of aliphatic hydroxyl groups excluding tert-OH is 1. The highest BCUT2D eigenvalue weighted by molar-refractivity contribution is 4.49. The van der Waals surface area contributed by atoms with Crippen molar-refractivity contribution in [3.05, 3.63) is 0 Å². The van der Waals surface area contributed by atoms with Crippen LogP contribution in [0, 0.1) is 5.92 Å². The van der Waals surface area contributed by atoms with Crippen molar-refractivity contribution >= 4 is 0 Å². The summed E-state index contributed by atoms with van der Waals surface area (Å²) in [5, 5.41) is 11.9. The Bertz CT molecular complexity index is 163. The van der Waals surface area contributed by atoms with Crippen molar-refractivity contribution in [1.82, 2.24) is 5.32 Å². The fourth-order valence-corrected chi connectivity index (χ4v) is 2.02. The molecule has 3 nitrogen and oxygen atoms in total. The third kappa shape index (κ3) is 17.9. The summed E-state index contributed by atoms with van der Waals surface area (Å²) in [6.07, 6.45) is 9.94. The fraction of sp³-hybridized carbons (Fsp3) is 1.00. The van der Waals surface area contributed by atoms with Crippen LogP contribution in [0.5, 0.6) is 0 Å². The molecule has 116 valence electrons. The van der Waals surface area contributed by atoms with Gasteiger partial charge in [0.1, 0.15) is 0 Å². The normalized spacial score (nSPS) is 11.4. The molecule has 0 rings (SSSR count). The van der Waals surface area contributed by atoms with Crippen LogP contribution in [-0.4, -0.2) is 38.0 Å². The standard InChI is InChI=1S/C16H35NO2/c1-16(2)10-6-4-3-5-7-14-19-15-9-12-17-11-8-13-18/h16-18H,3-15H2,1-2H3. The Balaban J connectivity index is 2.91. The first-order valence-electron chi connectivity index (χ1n) is 8.16. The zero-order valence-electron chi connectivity index (χ0n) is 13.1. The summed E-state index contributed by atoms with van der Waals surface area (Å²) in [4.78, 5) is 0. The molecule has 3 heteroatoms. The van der Waals surface area contributed by atoms with Crippen LogP contribution in [0.1, 0.15) is 65.2 Å². The van der Waals surface area contributed by atoms with E-state index < -0.39 is 0 Å². The Labute approximate surface area is 120 Å². The van der Waals surface area contributed by atoms with E-state index in [1.54, 1.807) is 0 Å². The average molecular weight is 273 g/mol. The Morgan fingerprint density at radius 2 is 1.47 bits per heavy atom. The molecule has 19 heavy (non-hydrogen) atoms. The van der Waals surface area contributed by atoms with Crippen molar-refractivity contribution in [2.24, 2.45) is 5.92 Å². The minimum atomic E-state index is 0.278. The van der Waals surface area contributed by atoms with Gasteiger partial charge in [-0.1, -0.05) is 46.0 Å². The number of ether oxygens (including phenoxy) is 1. The maximum atomic E-state index is 8.61. The van der Waals surface area contributed by atoms with Crippen LogP contribution in [0.15, 0.2) is 0 Å². The molecule has 0 spiro atoms. The van der Waals surface area contributed by atoms with Gasteiger partial charge in [-0.2, -0.15) is 0 Å². The van der Waals surface area contributed by atoms with Gasteiger partial charge < -0.3 is 15.2 Å². The molecule has 0 atom stereocenters. The molecule has 0 aromatic rings. The molecule has 0 aliphatic heterocycles. The summed E-state index contributed by atoms with van der Waals surface area (Å²) in [6, 6.07) is 0. The van der Waals surface area contributed by atoms with E-state index in [1.807, 2.05) is 0 Å². The van der Waals surface area contributed by atoms with Crippen LogP contribution in [0.2, 0.25) is 0 Å². The van der Waals surface area contributed by atoms with Gasteiger partial charge in [0, 0.05) is 19.8 Å². The third-order valence-corrected chi connectivity index (χ3v) is 3.22. The lowest BCUT2D eigenvalue weighted by Gasteiger charge is -2.06. The van der Waals surface area contributed by atoms with Gasteiger partial charge in [-0.15, -0.1) is 0 Å². The minimum absolute atomic E-state index is 0.278. The van der Waals surface area contributed by atoms with Crippen LogP contribution in [0.4, 0.5) is 0 Å². The van der Waals surface area contributed by atoms with Crippen LogP contribution >= 0.6 is 0 Å². The minimum Gasteiger partial charge on any atom is -0.396 e. The molecule has 0 amide bonds. The van der Waals surface area contributed by atoms with E-state index in [1.165, 1.54) is 38.5 Å². The molecule has 0 saturated carbocycles. The van der Waals surface area contributed by atoms with E-state index in [9.17, 15) is 0 Å². The molecule has 0 radical (unpaired) electrons. The number of aliphatic hydroxyl groups is 1. The highest BCUT2D eigenvalue weighted by Crippen LogP contribution is 2.10. The summed E-state index contributed by atoms with van der Waals surface area (Å²) >= 11 is 0. The zero-order valence-corrected chi connectivity index (χ0v) is 13.1. The summed E-state index contributed by atoms with van der Waals surface area (Å²) in [7, 11) is 0. The smallest absolute Gasteiger partial charge is 0.0478 e. The lowest BCUT2D eigenvalue weighted by Crippen LogP contribution is -2.19. The number of rotatable bonds is 15. The second-order valence-corrected chi connectivity index (χ2v) is 5.74. The number of unbranched alkanes of at least 4 members (excludes halogenated alkanes) is 4. The van der Waals surface area contributed by atoms with E-state index in [-0.39, 0.29) is 6.61 Å². The Morgan fingerprint density at radius 1 is 0.842 bits per heavy atom. The topological polar surface area (TPSA) is 41.5 Å². The number of hydrogen-bond acceptors (Lipinski definition) is 3. The molecular weight excluding hydrogens is 238 g/mol. The molecule has 0 heterocycles. The maximum absolute atomic E-state index is 8.61. The van der Waals surface area contributed by atoms with Gasteiger partial charge in [-0.05, 0) is 38.3 Å². The molecule has 0 saturated heterocycles. The number of nitrogens with one attached hydrogen (secondary N) is 1.